The summed E-state index contributed by atoms with van der Waals surface area (Å²) >= 11 is 7.22. The SMILES string of the molecule is BrCCC(Br)c1cccc2ccccc12. The van der Waals surface area contributed by atoms with Crippen LogP contribution in [0.1, 0.15) is 16.8 Å². The van der Waals surface area contributed by atoms with Crippen molar-refractivity contribution in [1.82, 2.24) is 0 Å². The Balaban J connectivity index is 2.50. The van der Waals surface area contributed by atoms with Crippen molar-refractivity contribution >= 4 is 42.6 Å². The third kappa shape index (κ3) is 2.43. The third-order valence-corrected chi connectivity index (χ3v) is 3.93. The largest absolute Gasteiger partial charge is 0.0928 e. The fraction of sp³-hybridized carbons (Fsp3) is 0.231. The monoisotopic (exact) mass is 326 g/mol. The van der Waals surface area contributed by atoms with Gasteiger partial charge in [0, 0.05) is 10.2 Å². The quantitative estimate of drug-likeness (QED) is 0.691. The van der Waals surface area contributed by atoms with Crippen LogP contribution in [0.3, 0.4) is 0 Å². The molecule has 15 heavy (non-hydrogen) atoms. The molecule has 0 bridgehead atoms. The topological polar surface area (TPSA) is 0 Å². The second kappa shape index (κ2) is 5.13. The Morgan fingerprint density at radius 1 is 1.00 bits per heavy atom. The zero-order valence-corrected chi connectivity index (χ0v) is 11.5. The van der Waals surface area contributed by atoms with E-state index in [9.17, 15) is 0 Å². The van der Waals surface area contributed by atoms with Crippen LogP contribution < -0.4 is 0 Å². The lowest BCUT2D eigenvalue weighted by Crippen LogP contribution is -1.92. The summed E-state index contributed by atoms with van der Waals surface area (Å²) in [6.45, 7) is 0. The molecular weight excluding hydrogens is 316 g/mol. The van der Waals surface area contributed by atoms with Gasteiger partial charge >= 0.3 is 0 Å². The van der Waals surface area contributed by atoms with E-state index >= 15 is 0 Å². The third-order valence-electron chi connectivity index (χ3n) is 2.52. The van der Waals surface area contributed by atoms with Gasteiger partial charge in [-0.05, 0) is 22.8 Å². The van der Waals surface area contributed by atoms with Crippen LogP contribution in [0, 0.1) is 0 Å². The Bertz CT molecular complexity index is 446. The molecule has 0 spiro atoms. The van der Waals surface area contributed by atoms with Crippen molar-refractivity contribution in [2.45, 2.75) is 11.2 Å². The van der Waals surface area contributed by atoms with Crippen LogP contribution in [-0.4, -0.2) is 5.33 Å². The number of rotatable bonds is 3. The first-order valence-corrected chi connectivity index (χ1v) is 7.04. The molecule has 0 saturated carbocycles. The summed E-state index contributed by atoms with van der Waals surface area (Å²) in [6, 6.07) is 15.0. The van der Waals surface area contributed by atoms with Crippen molar-refractivity contribution in [3.05, 3.63) is 48.0 Å². The van der Waals surface area contributed by atoms with Crippen molar-refractivity contribution in [3.63, 3.8) is 0 Å². The highest BCUT2D eigenvalue weighted by Gasteiger charge is 2.09. The van der Waals surface area contributed by atoms with E-state index in [1.165, 1.54) is 16.3 Å². The van der Waals surface area contributed by atoms with Crippen LogP contribution in [-0.2, 0) is 0 Å². The Labute approximate surface area is 107 Å². The number of benzene rings is 2. The summed E-state index contributed by atoms with van der Waals surface area (Å²) in [4.78, 5) is 0.433. The molecule has 1 unspecified atom stereocenters. The van der Waals surface area contributed by atoms with Crippen LogP contribution in [0.2, 0.25) is 0 Å². The Morgan fingerprint density at radius 2 is 1.73 bits per heavy atom. The Kier molecular flexibility index (Phi) is 3.81. The van der Waals surface area contributed by atoms with Crippen LogP contribution in [0.25, 0.3) is 10.8 Å². The lowest BCUT2D eigenvalue weighted by molar-refractivity contribution is 0.937. The highest BCUT2D eigenvalue weighted by Crippen LogP contribution is 2.32. The molecule has 2 rings (SSSR count). The van der Waals surface area contributed by atoms with Crippen LogP contribution in [0.4, 0.5) is 0 Å². The molecule has 0 amide bonds. The zero-order chi connectivity index (χ0) is 10.7. The summed E-state index contributed by atoms with van der Waals surface area (Å²) in [7, 11) is 0. The molecule has 0 fully saturated rings. The summed E-state index contributed by atoms with van der Waals surface area (Å²) in [5.41, 5.74) is 1.38. The predicted molar refractivity (Wildman–Crippen MR) is 74.0 cm³/mol. The van der Waals surface area contributed by atoms with Crippen molar-refractivity contribution in [2.24, 2.45) is 0 Å². The number of fused-ring (bicyclic) bond motifs is 1. The first-order chi connectivity index (χ1) is 7.33. The molecule has 0 saturated heterocycles. The van der Waals surface area contributed by atoms with E-state index in [2.05, 4.69) is 74.3 Å². The summed E-state index contributed by atoms with van der Waals surface area (Å²) < 4.78 is 0. The number of hydrogen-bond donors (Lipinski definition) is 0. The minimum atomic E-state index is 0.433. The van der Waals surface area contributed by atoms with Crippen molar-refractivity contribution in [2.75, 3.05) is 5.33 Å². The molecule has 0 aliphatic heterocycles. The molecule has 2 aromatic carbocycles. The van der Waals surface area contributed by atoms with Gasteiger partial charge in [0.25, 0.3) is 0 Å². The van der Waals surface area contributed by atoms with Gasteiger partial charge in [0.05, 0.1) is 0 Å². The fourth-order valence-corrected chi connectivity index (χ4v) is 3.48. The molecule has 0 N–H and O–H groups in total. The lowest BCUT2D eigenvalue weighted by Gasteiger charge is -2.11. The normalized spacial score (nSPS) is 12.9. The van der Waals surface area contributed by atoms with Gasteiger partial charge in [0.2, 0.25) is 0 Å². The highest BCUT2D eigenvalue weighted by molar-refractivity contribution is 9.09. The molecule has 0 aliphatic carbocycles. The van der Waals surface area contributed by atoms with Gasteiger partial charge in [0.1, 0.15) is 0 Å². The second-order valence-electron chi connectivity index (χ2n) is 3.51. The van der Waals surface area contributed by atoms with Crippen molar-refractivity contribution in [1.29, 1.82) is 0 Å². The molecule has 1 atom stereocenters. The smallest absolute Gasteiger partial charge is 0.0409 e. The maximum Gasteiger partial charge on any atom is 0.0409 e. The van der Waals surface area contributed by atoms with Gasteiger partial charge < -0.3 is 0 Å². The molecule has 0 nitrogen and oxygen atoms in total. The van der Waals surface area contributed by atoms with Crippen LogP contribution in [0.15, 0.2) is 42.5 Å². The molecule has 78 valence electrons. The van der Waals surface area contributed by atoms with E-state index in [-0.39, 0.29) is 0 Å². The molecule has 0 heterocycles. The summed E-state index contributed by atoms with van der Waals surface area (Å²) in [5, 5.41) is 3.68. The van der Waals surface area contributed by atoms with Crippen molar-refractivity contribution in [3.8, 4) is 0 Å². The summed E-state index contributed by atoms with van der Waals surface area (Å²) in [6.07, 6.45) is 1.11. The first-order valence-electron chi connectivity index (χ1n) is 5.00. The fourth-order valence-electron chi connectivity index (χ4n) is 1.77. The predicted octanol–water partition coefficient (Wildman–Crippen LogP) is 5.06. The molecule has 0 radical (unpaired) electrons. The molecule has 0 aliphatic rings. The highest BCUT2D eigenvalue weighted by atomic mass is 79.9. The average Bonchev–Trinajstić information content (AvgIpc) is 2.28. The van der Waals surface area contributed by atoms with Crippen LogP contribution in [0.5, 0.6) is 0 Å². The van der Waals surface area contributed by atoms with E-state index in [4.69, 9.17) is 0 Å². The molecule has 0 aromatic heterocycles. The van der Waals surface area contributed by atoms with Gasteiger partial charge in [-0.3, -0.25) is 0 Å². The van der Waals surface area contributed by atoms with E-state index in [1.807, 2.05) is 0 Å². The lowest BCUT2D eigenvalue weighted by atomic mass is 10.0. The van der Waals surface area contributed by atoms with E-state index in [1.54, 1.807) is 0 Å². The van der Waals surface area contributed by atoms with Gasteiger partial charge in [-0.15, -0.1) is 0 Å². The Hall–Kier alpha value is -0.340. The first kappa shape index (κ1) is 11.2. The van der Waals surface area contributed by atoms with E-state index in [0.29, 0.717) is 4.83 Å². The average molecular weight is 328 g/mol. The maximum absolute atomic E-state index is 3.74. The van der Waals surface area contributed by atoms with Gasteiger partial charge in [-0.25, -0.2) is 0 Å². The van der Waals surface area contributed by atoms with Gasteiger partial charge in [-0.2, -0.15) is 0 Å². The zero-order valence-electron chi connectivity index (χ0n) is 8.29. The molecule has 2 heteroatoms. The number of hydrogen-bond acceptors (Lipinski definition) is 0. The van der Waals surface area contributed by atoms with Crippen molar-refractivity contribution < 1.29 is 0 Å². The Morgan fingerprint density at radius 3 is 2.53 bits per heavy atom. The number of alkyl halides is 2. The standard InChI is InChI=1S/C13H12Br2/c14-9-8-13(15)12-7-3-5-10-4-1-2-6-11(10)12/h1-7,13H,8-9H2. The molecule has 2 aromatic rings. The minimum Gasteiger partial charge on any atom is -0.0928 e. The second-order valence-corrected chi connectivity index (χ2v) is 5.41. The van der Waals surface area contributed by atoms with E-state index in [0.717, 1.165) is 11.8 Å². The summed E-state index contributed by atoms with van der Waals surface area (Å²) in [5.74, 6) is 0. The number of halogens is 2. The maximum atomic E-state index is 3.74. The van der Waals surface area contributed by atoms with Gasteiger partial charge in [0.15, 0.2) is 0 Å². The van der Waals surface area contributed by atoms with E-state index < -0.39 is 0 Å². The van der Waals surface area contributed by atoms with Crippen LogP contribution >= 0.6 is 31.9 Å². The van der Waals surface area contributed by atoms with Gasteiger partial charge in [-0.1, -0.05) is 74.3 Å². The molecular formula is C13H12Br2. The minimum absolute atomic E-state index is 0.433.